The highest BCUT2D eigenvalue weighted by molar-refractivity contribution is 5.77. The van der Waals surface area contributed by atoms with Gasteiger partial charge in [-0.2, -0.15) is 5.10 Å². The molecule has 3 rings (SSSR count). The first kappa shape index (κ1) is 20.2. The summed E-state index contributed by atoms with van der Waals surface area (Å²) in [5, 5.41) is 4.53. The van der Waals surface area contributed by atoms with Crippen LogP contribution in [-0.2, 0) is 11.3 Å². The Morgan fingerprint density at radius 3 is 2.57 bits per heavy atom. The average molecular weight is 386 g/mol. The number of carbonyl (C=O) groups is 1. The number of nitrogens with zero attached hydrogens (tertiary/aromatic N) is 4. The summed E-state index contributed by atoms with van der Waals surface area (Å²) >= 11 is 0. The van der Waals surface area contributed by atoms with E-state index in [-0.39, 0.29) is 12.5 Å². The molecular weight excluding hydrogens is 356 g/mol. The molecule has 0 saturated carbocycles. The van der Waals surface area contributed by atoms with Gasteiger partial charge >= 0.3 is 0 Å². The molecule has 1 aromatic carbocycles. The van der Waals surface area contributed by atoms with Crippen molar-refractivity contribution < 1.29 is 14.3 Å². The van der Waals surface area contributed by atoms with Crippen molar-refractivity contribution >= 4 is 5.91 Å². The lowest BCUT2D eigenvalue weighted by molar-refractivity contribution is -0.133. The lowest BCUT2D eigenvalue weighted by Crippen LogP contribution is -2.38. The van der Waals surface area contributed by atoms with Gasteiger partial charge in [0.05, 0.1) is 19.3 Å². The smallest absolute Gasteiger partial charge is 0.260 e. The number of methoxy groups -OCH3 is 1. The fourth-order valence-corrected chi connectivity index (χ4v) is 3.55. The largest absolute Gasteiger partial charge is 0.493 e. The van der Waals surface area contributed by atoms with Crippen molar-refractivity contribution in [2.24, 2.45) is 0 Å². The highest BCUT2D eigenvalue weighted by Crippen LogP contribution is 2.25. The van der Waals surface area contributed by atoms with Crippen LogP contribution in [0.15, 0.2) is 30.3 Å². The number of ether oxygens (including phenoxy) is 2. The number of aryl methyl sites for hydroxylation is 2. The molecule has 0 atom stereocenters. The summed E-state index contributed by atoms with van der Waals surface area (Å²) in [5.41, 5.74) is 2.25. The zero-order valence-electron chi connectivity index (χ0n) is 17.1. The van der Waals surface area contributed by atoms with E-state index in [0.717, 1.165) is 51.4 Å². The molecule has 0 bridgehead atoms. The Morgan fingerprint density at radius 2 is 1.86 bits per heavy atom. The minimum absolute atomic E-state index is 0.0197. The molecule has 1 fully saturated rings. The van der Waals surface area contributed by atoms with Gasteiger partial charge in [-0.25, -0.2) is 0 Å². The summed E-state index contributed by atoms with van der Waals surface area (Å²) < 4.78 is 13.0. The van der Waals surface area contributed by atoms with E-state index < -0.39 is 0 Å². The van der Waals surface area contributed by atoms with Crippen LogP contribution in [0, 0.1) is 13.8 Å². The topological polar surface area (TPSA) is 59.8 Å². The van der Waals surface area contributed by atoms with E-state index in [2.05, 4.69) is 27.7 Å². The third kappa shape index (κ3) is 5.25. The van der Waals surface area contributed by atoms with Gasteiger partial charge in [0.2, 0.25) is 0 Å². The Kier molecular flexibility index (Phi) is 6.92. The van der Waals surface area contributed by atoms with Crippen molar-refractivity contribution in [3.8, 4) is 11.5 Å². The lowest BCUT2D eigenvalue weighted by atomic mass is 10.3. The average Bonchev–Trinajstić information content (AvgIpc) is 2.88. The molecule has 152 valence electrons. The normalized spacial score (nSPS) is 15.3. The first-order valence-corrected chi connectivity index (χ1v) is 9.84. The maximum absolute atomic E-state index is 12.6. The zero-order chi connectivity index (χ0) is 19.9. The van der Waals surface area contributed by atoms with Crippen molar-refractivity contribution in [1.82, 2.24) is 19.6 Å². The summed E-state index contributed by atoms with van der Waals surface area (Å²) in [6.07, 6.45) is 0.970. The summed E-state index contributed by atoms with van der Waals surface area (Å²) in [6.45, 7) is 9.33. The van der Waals surface area contributed by atoms with Crippen molar-refractivity contribution in [1.29, 1.82) is 0 Å². The standard InChI is InChI=1S/C21H30N4O3/c1-17-15-18(2)25(22-17)14-12-23-9-6-10-24(13-11-23)21(26)16-28-20-8-5-4-7-19(20)27-3/h4-5,7-8,15H,6,9-14,16H2,1-3H3. The van der Waals surface area contributed by atoms with Crippen LogP contribution in [0.5, 0.6) is 11.5 Å². The number of aromatic nitrogens is 2. The van der Waals surface area contributed by atoms with Gasteiger partial charge in [-0.15, -0.1) is 0 Å². The third-order valence-corrected chi connectivity index (χ3v) is 5.09. The lowest BCUT2D eigenvalue weighted by Gasteiger charge is -2.22. The van der Waals surface area contributed by atoms with Crippen molar-refractivity contribution in [2.45, 2.75) is 26.8 Å². The second-order valence-electron chi connectivity index (χ2n) is 7.17. The Hall–Kier alpha value is -2.54. The number of hydrogen-bond donors (Lipinski definition) is 0. The Bertz CT molecular complexity index is 790. The van der Waals surface area contributed by atoms with E-state index in [1.165, 1.54) is 5.69 Å². The van der Waals surface area contributed by atoms with E-state index in [0.29, 0.717) is 11.5 Å². The summed E-state index contributed by atoms with van der Waals surface area (Å²) in [5.74, 6) is 1.26. The monoisotopic (exact) mass is 386 g/mol. The highest BCUT2D eigenvalue weighted by atomic mass is 16.5. The van der Waals surface area contributed by atoms with Gasteiger partial charge in [-0.1, -0.05) is 12.1 Å². The van der Waals surface area contributed by atoms with Gasteiger partial charge in [0.15, 0.2) is 18.1 Å². The highest BCUT2D eigenvalue weighted by Gasteiger charge is 2.20. The number of rotatable bonds is 7. The molecular formula is C21H30N4O3. The molecule has 7 heteroatoms. The van der Waals surface area contributed by atoms with Gasteiger partial charge in [0, 0.05) is 31.9 Å². The van der Waals surface area contributed by atoms with Crippen molar-refractivity contribution in [3.05, 3.63) is 41.7 Å². The van der Waals surface area contributed by atoms with Crippen molar-refractivity contribution in [2.75, 3.05) is 46.4 Å². The Balaban J connectivity index is 1.46. The van der Waals surface area contributed by atoms with Crippen LogP contribution in [-0.4, -0.2) is 71.9 Å². The maximum atomic E-state index is 12.6. The minimum atomic E-state index is 0.0197. The number of hydrogen-bond acceptors (Lipinski definition) is 5. The van der Waals surface area contributed by atoms with Crippen LogP contribution < -0.4 is 9.47 Å². The molecule has 7 nitrogen and oxygen atoms in total. The van der Waals surface area contributed by atoms with Gasteiger partial charge in [0.25, 0.3) is 5.91 Å². The number of para-hydroxylation sites is 2. The van der Waals surface area contributed by atoms with E-state index in [9.17, 15) is 4.79 Å². The molecule has 1 aliphatic rings. The quantitative estimate of drug-likeness (QED) is 0.730. The first-order chi connectivity index (χ1) is 13.6. The second kappa shape index (κ2) is 9.59. The molecule has 1 amide bonds. The molecule has 1 aromatic heterocycles. The van der Waals surface area contributed by atoms with Crippen LogP contribution in [0.1, 0.15) is 17.8 Å². The summed E-state index contributed by atoms with van der Waals surface area (Å²) in [4.78, 5) is 16.9. The predicted octanol–water partition coefficient (Wildman–Crippen LogP) is 2.12. The van der Waals surface area contributed by atoms with Gasteiger partial charge in [0.1, 0.15) is 0 Å². The van der Waals surface area contributed by atoms with Crippen LogP contribution in [0.2, 0.25) is 0 Å². The SMILES string of the molecule is COc1ccccc1OCC(=O)N1CCCN(CCn2nc(C)cc2C)CC1. The Morgan fingerprint density at radius 1 is 1.07 bits per heavy atom. The fraction of sp³-hybridized carbons (Fsp3) is 0.524. The van der Waals surface area contributed by atoms with E-state index in [1.54, 1.807) is 7.11 Å². The van der Waals surface area contributed by atoms with Crippen LogP contribution >= 0.6 is 0 Å². The molecule has 1 saturated heterocycles. The molecule has 0 spiro atoms. The maximum Gasteiger partial charge on any atom is 0.260 e. The van der Waals surface area contributed by atoms with Gasteiger partial charge < -0.3 is 14.4 Å². The first-order valence-electron chi connectivity index (χ1n) is 9.84. The summed E-state index contributed by atoms with van der Waals surface area (Å²) in [6, 6.07) is 9.49. The molecule has 2 heterocycles. The molecule has 0 radical (unpaired) electrons. The van der Waals surface area contributed by atoms with E-state index >= 15 is 0 Å². The molecule has 2 aromatic rings. The Labute approximate surface area is 166 Å². The molecule has 0 aliphatic carbocycles. The van der Waals surface area contributed by atoms with Crippen LogP contribution in [0.4, 0.5) is 0 Å². The van der Waals surface area contributed by atoms with Crippen molar-refractivity contribution in [3.63, 3.8) is 0 Å². The number of amides is 1. The second-order valence-corrected chi connectivity index (χ2v) is 7.17. The van der Waals surface area contributed by atoms with Gasteiger partial charge in [-0.05, 0) is 45.0 Å². The molecule has 0 unspecified atom stereocenters. The predicted molar refractivity (Wildman–Crippen MR) is 108 cm³/mol. The van der Waals surface area contributed by atoms with Crippen LogP contribution in [0.3, 0.4) is 0 Å². The molecule has 28 heavy (non-hydrogen) atoms. The van der Waals surface area contributed by atoms with Gasteiger partial charge in [-0.3, -0.25) is 14.4 Å². The number of benzene rings is 1. The molecule has 0 N–H and O–H groups in total. The van der Waals surface area contributed by atoms with E-state index in [1.807, 2.05) is 36.1 Å². The minimum Gasteiger partial charge on any atom is -0.493 e. The third-order valence-electron chi connectivity index (χ3n) is 5.09. The number of carbonyl (C=O) groups excluding carboxylic acids is 1. The summed E-state index contributed by atoms with van der Waals surface area (Å²) in [7, 11) is 1.60. The zero-order valence-corrected chi connectivity index (χ0v) is 17.1. The fourth-order valence-electron chi connectivity index (χ4n) is 3.55. The van der Waals surface area contributed by atoms with E-state index in [4.69, 9.17) is 9.47 Å². The molecule has 1 aliphatic heterocycles. The van der Waals surface area contributed by atoms with Crippen LogP contribution in [0.25, 0.3) is 0 Å².